The van der Waals surface area contributed by atoms with Crippen LogP contribution < -0.4 is 5.36 Å². The molecule has 21 heavy (non-hydrogen) atoms. The minimum absolute atomic E-state index is 0.269. The summed E-state index contributed by atoms with van der Waals surface area (Å²) in [5, 5.41) is 12.5. The molecule has 3 rings (SSSR count). The van der Waals surface area contributed by atoms with Gasteiger partial charge in [-0.15, -0.1) is 0 Å². The molecular weight excluding hydrogens is 269 g/mol. The van der Waals surface area contributed by atoms with E-state index in [1.165, 1.54) is 6.07 Å². The van der Waals surface area contributed by atoms with E-state index in [2.05, 4.69) is 15.1 Å². The quantitative estimate of drug-likeness (QED) is 0.580. The molecule has 104 valence electrons. The fourth-order valence-electron chi connectivity index (χ4n) is 2.20. The Morgan fingerprint density at radius 2 is 1.86 bits per heavy atom. The summed E-state index contributed by atoms with van der Waals surface area (Å²) in [5.41, 5.74) is 2.69. The number of halogens is 1. The Hall–Kier alpha value is -2.82. The summed E-state index contributed by atoms with van der Waals surface area (Å²) in [6, 6.07) is 11.7. The Balaban J connectivity index is 2.16. The minimum Gasteiger partial charge on any atom is -0.410 e. The molecule has 1 aliphatic carbocycles. The van der Waals surface area contributed by atoms with Crippen molar-refractivity contribution in [1.29, 1.82) is 0 Å². The SMILES string of the molecule is ON=c1ccc2nccnc(Cc3ccccc3F)c-2c1. The lowest BCUT2D eigenvalue weighted by Crippen LogP contribution is -2.04. The van der Waals surface area contributed by atoms with Gasteiger partial charge in [0.2, 0.25) is 0 Å². The molecule has 1 aromatic carbocycles. The zero-order valence-corrected chi connectivity index (χ0v) is 11.1. The van der Waals surface area contributed by atoms with Crippen LogP contribution in [0.15, 0.2) is 60.0 Å². The number of hydrogen-bond donors (Lipinski definition) is 1. The zero-order chi connectivity index (χ0) is 14.7. The number of benzene rings is 2. The van der Waals surface area contributed by atoms with Crippen molar-refractivity contribution in [2.24, 2.45) is 5.16 Å². The van der Waals surface area contributed by atoms with Gasteiger partial charge in [-0.25, -0.2) is 4.39 Å². The molecular formula is C16H12FN3O. The van der Waals surface area contributed by atoms with Gasteiger partial charge in [0.25, 0.3) is 0 Å². The van der Waals surface area contributed by atoms with Crippen molar-refractivity contribution in [3.63, 3.8) is 0 Å². The van der Waals surface area contributed by atoms with Crippen molar-refractivity contribution in [3.8, 4) is 11.3 Å². The highest BCUT2D eigenvalue weighted by Gasteiger charge is 2.11. The summed E-state index contributed by atoms with van der Waals surface area (Å²) in [6.45, 7) is 0. The summed E-state index contributed by atoms with van der Waals surface area (Å²) in [5.74, 6) is -0.269. The van der Waals surface area contributed by atoms with Gasteiger partial charge in [-0.05, 0) is 29.8 Å². The van der Waals surface area contributed by atoms with Crippen LogP contribution in [0.2, 0.25) is 0 Å². The highest BCUT2D eigenvalue weighted by atomic mass is 19.1. The summed E-state index contributed by atoms with van der Waals surface area (Å²) >= 11 is 0. The van der Waals surface area contributed by atoms with Gasteiger partial charge in [0.05, 0.1) is 11.4 Å². The second kappa shape index (κ2) is 5.66. The molecule has 0 bridgehead atoms. The maximum Gasteiger partial charge on any atom is 0.126 e. The van der Waals surface area contributed by atoms with Crippen LogP contribution in [0.1, 0.15) is 11.3 Å². The molecule has 0 amide bonds. The summed E-state index contributed by atoms with van der Waals surface area (Å²) in [6.07, 6.45) is 3.50. The number of nitrogens with zero attached hydrogens (tertiary/aromatic N) is 3. The minimum atomic E-state index is -0.269. The molecule has 0 unspecified atom stereocenters. The highest BCUT2D eigenvalue weighted by Crippen LogP contribution is 2.22. The molecule has 1 N–H and O–H groups in total. The Morgan fingerprint density at radius 1 is 1.05 bits per heavy atom. The maximum atomic E-state index is 13.8. The van der Waals surface area contributed by atoms with Gasteiger partial charge in [0, 0.05) is 24.4 Å². The third kappa shape index (κ3) is 2.72. The lowest BCUT2D eigenvalue weighted by atomic mass is 10.0. The van der Waals surface area contributed by atoms with E-state index < -0.39 is 0 Å². The standard InChI is InChI=1S/C16H12FN3O/c17-14-4-2-1-3-11(14)9-16-13-10-12(20-21)5-6-15(13)18-7-8-19-16/h1-8,10,21H,9H2. The van der Waals surface area contributed by atoms with Gasteiger partial charge >= 0.3 is 0 Å². The van der Waals surface area contributed by atoms with Crippen LogP contribution in [0, 0.1) is 5.82 Å². The first-order valence-electron chi connectivity index (χ1n) is 6.43. The molecule has 5 heteroatoms. The fourth-order valence-corrected chi connectivity index (χ4v) is 2.20. The molecule has 0 atom stereocenters. The molecule has 1 aliphatic heterocycles. The lowest BCUT2D eigenvalue weighted by Gasteiger charge is -2.06. The van der Waals surface area contributed by atoms with Crippen LogP contribution in [-0.2, 0) is 6.42 Å². The molecule has 0 saturated carbocycles. The first-order chi connectivity index (χ1) is 10.3. The third-order valence-corrected chi connectivity index (χ3v) is 3.23. The van der Waals surface area contributed by atoms with Crippen molar-refractivity contribution < 1.29 is 9.60 Å². The molecule has 0 spiro atoms. The molecule has 0 radical (unpaired) electrons. The van der Waals surface area contributed by atoms with Gasteiger partial charge in [0.15, 0.2) is 0 Å². The van der Waals surface area contributed by atoms with Gasteiger partial charge < -0.3 is 5.21 Å². The largest absolute Gasteiger partial charge is 0.410 e. The number of aromatic nitrogens is 2. The first-order valence-corrected chi connectivity index (χ1v) is 6.43. The molecule has 0 aromatic heterocycles. The predicted octanol–water partition coefficient (Wildman–Crippen LogP) is 2.60. The summed E-state index contributed by atoms with van der Waals surface area (Å²) in [7, 11) is 0. The van der Waals surface area contributed by atoms with E-state index in [4.69, 9.17) is 5.21 Å². The van der Waals surface area contributed by atoms with Gasteiger partial charge in [-0.3, -0.25) is 9.97 Å². The monoisotopic (exact) mass is 281 g/mol. The van der Waals surface area contributed by atoms with Crippen LogP contribution >= 0.6 is 0 Å². The van der Waals surface area contributed by atoms with Crippen LogP contribution in [-0.4, -0.2) is 15.2 Å². The molecule has 2 aliphatic rings. The second-order valence-corrected chi connectivity index (χ2v) is 4.57. The van der Waals surface area contributed by atoms with Crippen LogP contribution in [0.4, 0.5) is 4.39 Å². The Kier molecular flexibility index (Phi) is 3.55. The summed E-state index contributed by atoms with van der Waals surface area (Å²) < 4.78 is 13.8. The van der Waals surface area contributed by atoms with Crippen LogP contribution in [0.3, 0.4) is 0 Å². The van der Waals surface area contributed by atoms with Gasteiger partial charge in [-0.1, -0.05) is 23.4 Å². The summed E-state index contributed by atoms with van der Waals surface area (Å²) in [4.78, 5) is 8.59. The molecule has 1 heterocycles. The lowest BCUT2D eigenvalue weighted by molar-refractivity contribution is 0.302. The second-order valence-electron chi connectivity index (χ2n) is 4.57. The Morgan fingerprint density at radius 3 is 2.67 bits per heavy atom. The van der Waals surface area contributed by atoms with Gasteiger partial charge in [-0.2, -0.15) is 0 Å². The van der Waals surface area contributed by atoms with E-state index in [0.29, 0.717) is 28.7 Å². The van der Waals surface area contributed by atoms with Crippen molar-refractivity contribution in [1.82, 2.24) is 9.97 Å². The van der Waals surface area contributed by atoms with Crippen molar-refractivity contribution in [3.05, 3.63) is 77.3 Å². The van der Waals surface area contributed by atoms with E-state index in [0.717, 1.165) is 5.56 Å². The van der Waals surface area contributed by atoms with E-state index in [1.54, 1.807) is 48.8 Å². The molecule has 0 saturated heterocycles. The maximum absolute atomic E-state index is 13.8. The van der Waals surface area contributed by atoms with Crippen LogP contribution in [0.25, 0.3) is 11.3 Å². The molecule has 4 nitrogen and oxygen atoms in total. The van der Waals surface area contributed by atoms with Crippen LogP contribution in [0.5, 0.6) is 0 Å². The molecule has 0 fully saturated rings. The van der Waals surface area contributed by atoms with E-state index in [-0.39, 0.29) is 5.82 Å². The molecule has 1 aromatic rings. The van der Waals surface area contributed by atoms with Crippen molar-refractivity contribution >= 4 is 0 Å². The number of hydrogen-bond acceptors (Lipinski definition) is 4. The first kappa shape index (κ1) is 13.2. The fraction of sp³-hybridized carbons (Fsp3) is 0.0625. The van der Waals surface area contributed by atoms with E-state index in [9.17, 15) is 4.39 Å². The normalized spacial score (nSPS) is 11.8. The number of rotatable bonds is 2. The van der Waals surface area contributed by atoms with Crippen molar-refractivity contribution in [2.75, 3.05) is 0 Å². The highest BCUT2D eigenvalue weighted by molar-refractivity contribution is 5.62. The average molecular weight is 281 g/mol. The average Bonchev–Trinajstić information content (AvgIpc) is 2.71. The number of fused-ring (bicyclic) bond motifs is 1. The van der Waals surface area contributed by atoms with Crippen molar-refractivity contribution in [2.45, 2.75) is 6.42 Å². The van der Waals surface area contributed by atoms with E-state index in [1.807, 2.05) is 0 Å². The smallest absolute Gasteiger partial charge is 0.126 e. The topological polar surface area (TPSA) is 58.4 Å². The predicted molar refractivity (Wildman–Crippen MR) is 75.2 cm³/mol. The third-order valence-electron chi connectivity index (χ3n) is 3.23. The van der Waals surface area contributed by atoms with E-state index >= 15 is 0 Å². The Labute approximate surface area is 120 Å². The van der Waals surface area contributed by atoms with Gasteiger partial charge in [0.1, 0.15) is 11.2 Å². The zero-order valence-electron chi connectivity index (χ0n) is 11.1. The Bertz CT molecular complexity index is 820.